The molecule has 4 heterocycles. The van der Waals surface area contributed by atoms with Crippen molar-refractivity contribution in [1.82, 2.24) is 35.7 Å². The van der Waals surface area contributed by atoms with Crippen LogP contribution in [0, 0.1) is 0 Å². The van der Waals surface area contributed by atoms with Gasteiger partial charge in [-0.1, -0.05) is 17.3 Å². The van der Waals surface area contributed by atoms with E-state index in [1.54, 1.807) is 45.8 Å². The molecule has 5 rings (SSSR count). The van der Waals surface area contributed by atoms with E-state index >= 15 is 0 Å². The number of benzene rings is 1. The predicted octanol–water partition coefficient (Wildman–Crippen LogP) is 0.139. The minimum atomic E-state index is -0.519. The molecular formula is C17H19N7O3S. The summed E-state index contributed by atoms with van der Waals surface area (Å²) < 4.78 is -0.300. The fourth-order valence-corrected chi connectivity index (χ4v) is 5.97. The van der Waals surface area contributed by atoms with Crippen LogP contribution in [-0.4, -0.2) is 70.2 Å². The van der Waals surface area contributed by atoms with Crippen LogP contribution in [0.25, 0.3) is 0 Å². The van der Waals surface area contributed by atoms with Gasteiger partial charge >= 0.3 is 0 Å². The van der Waals surface area contributed by atoms with Crippen LogP contribution in [0.3, 0.4) is 0 Å². The molecule has 3 fully saturated rings. The van der Waals surface area contributed by atoms with E-state index in [1.807, 2.05) is 13.8 Å². The number of carbonyl (C=O) groups excluding carboxylic acids is 2. The number of nitrogens with one attached hydrogen (secondary N) is 2. The third-order valence-corrected chi connectivity index (χ3v) is 7.13. The number of amides is 2. The number of carbonyl (C=O) groups is 2. The Morgan fingerprint density at radius 1 is 1.21 bits per heavy atom. The Morgan fingerprint density at radius 3 is 2.64 bits per heavy atom. The maximum Gasteiger partial charge on any atom is 0.250 e. The molecular weight excluding hydrogens is 382 g/mol. The lowest BCUT2D eigenvalue weighted by Crippen LogP contribution is -2.68. The Kier molecular flexibility index (Phi) is 3.68. The topological polar surface area (TPSA) is 127 Å². The normalized spacial score (nSPS) is 31.2. The van der Waals surface area contributed by atoms with Crippen LogP contribution in [0.5, 0.6) is 5.75 Å². The number of aromatic hydroxyl groups is 1. The molecule has 0 radical (unpaired) electrons. The number of fused-ring (bicyclic) bond motifs is 1. The minimum absolute atomic E-state index is 0.0978. The van der Waals surface area contributed by atoms with Crippen LogP contribution < -0.4 is 5.32 Å². The second-order valence-corrected chi connectivity index (χ2v) is 9.44. The molecule has 2 aromatic rings. The van der Waals surface area contributed by atoms with Crippen molar-refractivity contribution in [3.8, 4) is 5.75 Å². The fourth-order valence-electron chi connectivity index (χ4n) is 4.27. The lowest BCUT2D eigenvalue weighted by Gasteiger charge is -2.47. The van der Waals surface area contributed by atoms with E-state index in [0.29, 0.717) is 12.5 Å². The number of β-lactam (4-membered cyclic amide) rings is 1. The van der Waals surface area contributed by atoms with Gasteiger partial charge in [-0.05, 0) is 31.5 Å². The monoisotopic (exact) mass is 401 g/mol. The molecule has 4 atom stereocenters. The third-order valence-electron chi connectivity index (χ3n) is 5.58. The first-order valence-corrected chi connectivity index (χ1v) is 9.82. The zero-order valence-electron chi connectivity index (χ0n) is 15.2. The molecule has 1 aromatic heterocycles. The molecule has 3 N–H and O–H groups in total. The molecule has 0 spiro atoms. The second-order valence-electron chi connectivity index (χ2n) is 7.67. The molecule has 0 saturated carbocycles. The van der Waals surface area contributed by atoms with Gasteiger partial charge in [0.25, 0.3) is 0 Å². The number of rotatable bonds is 3. The van der Waals surface area contributed by atoms with Gasteiger partial charge in [-0.3, -0.25) is 14.9 Å². The highest BCUT2D eigenvalue weighted by molar-refractivity contribution is 8.01. The minimum Gasteiger partial charge on any atom is -0.508 e. The summed E-state index contributed by atoms with van der Waals surface area (Å²) in [5.74, 6) is 0.400. The summed E-state index contributed by atoms with van der Waals surface area (Å²) >= 11 is 1.65. The molecule has 0 aliphatic carbocycles. The highest BCUT2D eigenvalue weighted by Crippen LogP contribution is 2.57. The molecule has 0 bridgehead atoms. The molecule has 2 amide bonds. The van der Waals surface area contributed by atoms with Crippen molar-refractivity contribution in [2.24, 2.45) is 0 Å². The summed E-state index contributed by atoms with van der Waals surface area (Å²) in [6.45, 7) is 4.40. The maximum absolute atomic E-state index is 13.0. The average molecular weight is 401 g/mol. The number of tetrazole rings is 1. The average Bonchev–Trinajstić information content (AvgIpc) is 3.35. The van der Waals surface area contributed by atoms with E-state index in [2.05, 4.69) is 25.9 Å². The summed E-state index contributed by atoms with van der Waals surface area (Å²) in [4.78, 5) is 29.4. The Hall–Kier alpha value is -2.66. The van der Waals surface area contributed by atoms with Crippen LogP contribution in [0.1, 0.15) is 37.3 Å². The molecule has 28 heavy (non-hydrogen) atoms. The number of hydrogen-bond donors (Lipinski definition) is 3. The largest absolute Gasteiger partial charge is 0.508 e. The van der Waals surface area contributed by atoms with E-state index in [-0.39, 0.29) is 33.7 Å². The van der Waals surface area contributed by atoms with Crippen LogP contribution in [0.15, 0.2) is 24.3 Å². The zero-order chi connectivity index (χ0) is 19.6. The number of aromatic amines is 1. The van der Waals surface area contributed by atoms with Crippen molar-refractivity contribution >= 4 is 23.6 Å². The third kappa shape index (κ3) is 2.35. The molecule has 1 aromatic carbocycles. The summed E-state index contributed by atoms with van der Waals surface area (Å²) in [7, 11) is 0. The van der Waals surface area contributed by atoms with Crippen molar-refractivity contribution in [2.45, 2.75) is 42.1 Å². The number of phenols is 1. The molecule has 11 heteroatoms. The number of aromatic nitrogens is 4. The SMILES string of the molecule is CC1(C)S[C@H]2C(N3CNC(c4ccc(O)cc4)C3=O)C(=O)N2C1c1nn[nH]n1. The highest BCUT2D eigenvalue weighted by Gasteiger charge is 2.65. The smallest absolute Gasteiger partial charge is 0.250 e. The van der Waals surface area contributed by atoms with E-state index in [1.165, 1.54) is 0 Å². The number of phenolic OH excluding ortho intramolecular Hbond substituents is 1. The maximum atomic E-state index is 13.0. The van der Waals surface area contributed by atoms with Crippen LogP contribution in [-0.2, 0) is 9.59 Å². The first-order chi connectivity index (χ1) is 13.4. The lowest BCUT2D eigenvalue weighted by atomic mass is 9.94. The van der Waals surface area contributed by atoms with Crippen LogP contribution in [0.4, 0.5) is 0 Å². The van der Waals surface area contributed by atoms with Gasteiger partial charge in [-0.2, -0.15) is 5.21 Å². The second kappa shape index (κ2) is 5.92. The van der Waals surface area contributed by atoms with Crippen molar-refractivity contribution in [1.29, 1.82) is 0 Å². The van der Waals surface area contributed by atoms with Gasteiger partial charge in [0.05, 0.1) is 6.67 Å². The van der Waals surface area contributed by atoms with Crippen molar-refractivity contribution in [3.63, 3.8) is 0 Å². The number of nitrogens with zero attached hydrogens (tertiary/aromatic N) is 5. The summed E-state index contributed by atoms with van der Waals surface area (Å²) in [5, 5.41) is 26.7. The van der Waals surface area contributed by atoms with E-state index in [4.69, 9.17) is 0 Å². The van der Waals surface area contributed by atoms with Crippen molar-refractivity contribution < 1.29 is 14.7 Å². The summed E-state index contributed by atoms with van der Waals surface area (Å²) in [5.41, 5.74) is 0.762. The number of thioether (sulfide) groups is 1. The highest BCUT2D eigenvalue weighted by atomic mass is 32.2. The summed E-state index contributed by atoms with van der Waals surface area (Å²) in [6, 6.07) is 5.20. The Labute approximate surface area is 164 Å². The van der Waals surface area contributed by atoms with Gasteiger partial charge in [0.1, 0.15) is 29.2 Å². The zero-order valence-corrected chi connectivity index (χ0v) is 16.1. The first-order valence-electron chi connectivity index (χ1n) is 8.94. The van der Waals surface area contributed by atoms with E-state index < -0.39 is 12.1 Å². The lowest BCUT2D eigenvalue weighted by molar-refractivity contribution is -0.161. The van der Waals surface area contributed by atoms with Gasteiger partial charge < -0.3 is 14.9 Å². The molecule has 3 unspecified atom stereocenters. The Bertz CT molecular complexity index is 933. The number of hydrogen-bond acceptors (Lipinski definition) is 8. The van der Waals surface area contributed by atoms with Crippen molar-refractivity contribution in [3.05, 3.63) is 35.7 Å². The quantitative estimate of drug-likeness (QED) is 0.620. The van der Waals surface area contributed by atoms with Crippen LogP contribution in [0.2, 0.25) is 0 Å². The molecule has 10 nitrogen and oxygen atoms in total. The summed E-state index contributed by atoms with van der Waals surface area (Å²) in [6.07, 6.45) is 0. The molecule has 3 aliphatic heterocycles. The van der Waals surface area contributed by atoms with E-state index in [9.17, 15) is 14.7 Å². The molecule has 3 saturated heterocycles. The molecule has 3 aliphatic rings. The van der Waals surface area contributed by atoms with E-state index in [0.717, 1.165) is 5.56 Å². The Balaban J connectivity index is 1.38. The number of H-pyrrole nitrogens is 1. The Morgan fingerprint density at radius 2 is 1.96 bits per heavy atom. The van der Waals surface area contributed by atoms with Gasteiger partial charge in [-0.25, -0.2) is 0 Å². The standard InChI is InChI=1S/C17H19N7O3S/c1-17(2)12(13-19-21-22-20-13)24-15(27)11(16(24)28-17)23-7-18-10(14(23)26)8-3-5-9(25)6-4-8/h3-6,10-12,16,18,25H,7H2,1-2H3,(H,19,20,21,22)/t10?,11?,12?,16-/m0/s1. The fraction of sp³-hybridized carbons (Fsp3) is 0.471. The molecule has 146 valence electrons. The predicted molar refractivity (Wildman–Crippen MR) is 98.7 cm³/mol. The van der Waals surface area contributed by atoms with Crippen molar-refractivity contribution in [2.75, 3.05) is 6.67 Å². The van der Waals surface area contributed by atoms with Gasteiger partial charge in [-0.15, -0.1) is 22.0 Å². The van der Waals surface area contributed by atoms with Gasteiger partial charge in [0, 0.05) is 4.75 Å². The van der Waals surface area contributed by atoms with Gasteiger partial charge in [0.2, 0.25) is 11.8 Å². The van der Waals surface area contributed by atoms with Crippen LogP contribution >= 0.6 is 11.8 Å². The van der Waals surface area contributed by atoms with Gasteiger partial charge in [0.15, 0.2) is 5.82 Å². The first kappa shape index (κ1) is 17.4.